The summed E-state index contributed by atoms with van der Waals surface area (Å²) in [6.07, 6.45) is 0.821. The minimum Gasteiger partial charge on any atom is -0.476 e. The number of esters is 1. The van der Waals surface area contributed by atoms with E-state index in [2.05, 4.69) is 0 Å². The largest absolute Gasteiger partial charge is 0.476 e. The summed E-state index contributed by atoms with van der Waals surface area (Å²) in [7, 11) is 0. The molecule has 0 amide bonds. The monoisotopic (exact) mass is 355 g/mol. The van der Waals surface area contributed by atoms with Gasteiger partial charge in [-0.2, -0.15) is 0 Å². The van der Waals surface area contributed by atoms with Crippen molar-refractivity contribution in [2.24, 2.45) is 5.73 Å². The van der Waals surface area contributed by atoms with Crippen molar-refractivity contribution in [2.75, 3.05) is 6.61 Å². The van der Waals surface area contributed by atoms with E-state index in [-0.39, 0.29) is 12.0 Å². The van der Waals surface area contributed by atoms with Gasteiger partial charge in [0.05, 0.1) is 6.61 Å². The molecular weight excluding hydrogens is 330 g/mol. The number of carbonyl (C=O) groups excluding carboxylic acids is 1. The Morgan fingerprint density at radius 2 is 1.60 bits per heavy atom. The van der Waals surface area contributed by atoms with E-state index in [9.17, 15) is 4.79 Å². The first-order chi connectivity index (χ1) is 11.5. The number of benzene rings is 1. The molecule has 8 heteroatoms. The molecule has 4 N–H and O–H groups in total. The van der Waals surface area contributed by atoms with Gasteiger partial charge in [-0.15, -0.1) is 0 Å². The number of nitrogens with two attached hydrogens (primary N) is 1. The van der Waals surface area contributed by atoms with Crippen LogP contribution in [0.2, 0.25) is 0 Å². The average molecular weight is 355 g/mol. The molecule has 1 aromatic rings. The van der Waals surface area contributed by atoms with Gasteiger partial charge >= 0.3 is 17.9 Å². The number of rotatable bonds is 6. The van der Waals surface area contributed by atoms with E-state index in [1.54, 1.807) is 20.8 Å². The van der Waals surface area contributed by atoms with Gasteiger partial charge < -0.3 is 25.4 Å². The lowest BCUT2D eigenvalue weighted by Crippen LogP contribution is -2.39. The zero-order valence-electron chi connectivity index (χ0n) is 14.8. The van der Waals surface area contributed by atoms with Crippen LogP contribution in [0.15, 0.2) is 24.3 Å². The van der Waals surface area contributed by atoms with Crippen molar-refractivity contribution < 1.29 is 34.1 Å². The molecule has 25 heavy (non-hydrogen) atoms. The molecule has 0 bridgehead atoms. The lowest BCUT2D eigenvalue weighted by atomic mass is 10.1. The highest BCUT2D eigenvalue weighted by Crippen LogP contribution is 2.20. The fourth-order valence-corrected chi connectivity index (χ4v) is 1.71. The van der Waals surface area contributed by atoms with E-state index in [1.165, 1.54) is 0 Å². The normalized spacial score (nSPS) is 11.6. The van der Waals surface area contributed by atoms with E-state index in [4.69, 9.17) is 35.0 Å². The van der Waals surface area contributed by atoms with E-state index in [0.29, 0.717) is 12.4 Å². The zero-order valence-corrected chi connectivity index (χ0v) is 14.8. The Morgan fingerprint density at radius 3 is 1.96 bits per heavy atom. The van der Waals surface area contributed by atoms with E-state index >= 15 is 0 Å². The number of aliphatic carboxylic acids is 2. The predicted octanol–water partition coefficient (Wildman–Crippen LogP) is 1.45. The van der Waals surface area contributed by atoms with Crippen LogP contribution in [-0.2, 0) is 25.5 Å². The number of carboxylic acid groups (broad SMARTS) is 2. The maximum Gasteiger partial charge on any atom is 0.414 e. The minimum absolute atomic E-state index is 0.128. The van der Waals surface area contributed by atoms with Crippen molar-refractivity contribution in [3.63, 3.8) is 0 Å². The fraction of sp³-hybridized carbons (Fsp3) is 0.471. The lowest BCUT2D eigenvalue weighted by Gasteiger charge is -2.24. The first-order valence-electron chi connectivity index (χ1n) is 7.66. The fourth-order valence-electron chi connectivity index (χ4n) is 1.71. The summed E-state index contributed by atoms with van der Waals surface area (Å²) < 4.78 is 10.6. The Bertz CT molecular complexity index is 567. The second kappa shape index (κ2) is 10.3. The molecule has 0 aliphatic heterocycles. The Balaban J connectivity index is 0.000000823. The van der Waals surface area contributed by atoms with Crippen molar-refractivity contribution >= 4 is 17.9 Å². The Labute approximate surface area is 146 Å². The van der Waals surface area contributed by atoms with Crippen LogP contribution in [0.5, 0.6) is 5.75 Å². The van der Waals surface area contributed by atoms with Crippen LogP contribution in [0, 0.1) is 0 Å². The van der Waals surface area contributed by atoms with Crippen LogP contribution in [0.4, 0.5) is 0 Å². The highest BCUT2D eigenvalue weighted by molar-refractivity contribution is 6.27. The number of carboxylic acids is 2. The molecule has 1 rings (SSSR count). The van der Waals surface area contributed by atoms with E-state index in [0.717, 1.165) is 12.0 Å². The van der Waals surface area contributed by atoms with Gasteiger partial charge in [0, 0.05) is 6.04 Å². The van der Waals surface area contributed by atoms with E-state index in [1.807, 2.05) is 31.2 Å². The molecule has 0 heterocycles. The van der Waals surface area contributed by atoms with Crippen LogP contribution >= 0.6 is 0 Å². The second-order valence-electron chi connectivity index (χ2n) is 5.77. The third-order valence-electron chi connectivity index (χ3n) is 2.80. The van der Waals surface area contributed by atoms with Gasteiger partial charge in [0.1, 0.15) is 5.75 Å². The van der Waals surface area contributed by atoms with Crippen molar-refractivity contribution in [1.82, 2.24) is 0 Å². The highest BCUT2D eigenvalue weighted by Gasteiger charge is 2.31. The maximum atomic E-state index is 11.7. The number of carbonyl (C=O) groups is 3. The highest BCUT2D eigenvalue weighted by atomic mass is 16.6. The van der Waals surface area contributed by atoms with Gasteiger partial charge in [-0.1, -0.05) is 12.1 Å². The summed E-state index contributed by atoms with van der Waals surface area (Å²) in [5, 5.41) is 14.8. The predicted molar refractivity (Wildman–Crippen MR) is 90.4 cm³/mol. The van der Waals surface area contributed by atoms with Crippen molar-refractivity contribution in [3.05, 3.63) is 29.8 Å². The van der Waals surface area contributed by atoms with Crippen LogP contribution in [0.3, 0.4) is 0 Å². The summed E-state index contributed by atoms with van der Waals surface area (Å²) in [6, 6.07) is 7.74. The number of ether oxygens (including phenoxy) is 2. The molecule has 0 aliphatic rings. The third-order valence-corrected chi connectivity index (χ3v) is 2.80. The summed E-state index contributed by atoms with van der Waals surface area (Å²) >= 11 is 0. The molecule has 0 aromatic heterocycles. The Hall–Kier alpha value is -2.61. The smallest absolute Gasteiger partial charge is 0.414 e. The second-order valence-corrected chi connectivity index (χ2v) is 5.77. The van der Waals surface area contributed by atoms with Gasteiger partial charge in [-0.05, 0) is 51.8 Å². The molecule has 0 saturated carbocycles. The molecular formula is C17H25NO7. The number of hydrogen-bond donors (Lipinski definition) is 3. The minimum atomic E-state index is -1.82. The topological polar surface area (TPSA) is 136 Å². The van der Waals surface area contributed by atoms with Crippen molar-refractivity contribution in [3.8, 4) is 5.75 Å². The third kappa shape index (κ3) is 9.31. The molecule has 0 radical (unpaired) electrons. The number of hydrogen-bond acceptors (Lipinski definition) is 6. The molecule has 1 atom stereocenters. The molecule has 1 aromatic carbocycles. The summed E-state index contributed by atoms with van der Waals surface area (Å²) in [6.45, 7) is 7.48. The molecule has 0 fully saturated rings. The van der Waals surface area contributed by atoms with Gasteiger partial charge in [-0.3, -0.25) is 0 Å². The molecule has 0 unspecified atom stereocenters. The summed E-state index contributed by atoms with van der Waals surface area (Å²) in [5.74, 6) is -3.37. The molecule has 0 spiro atoms. The first-order valence-corrected chi connectivity index (χ1v) is 7.66. The lowest BCUT2D eigenvalue weighted by molar-refractivity contribution is -0.159. The molecule has 0 aliphatic carbocycles. The van der Waals surface area contributed by atoms with Gasteiger partial charge in [0.25, 0.3) is 0 Å². The van der Waals surface area contributed by atoms with Crippen LogP contribution in [0.25, 0.3) is 0 Å². The zero-order chi connectivity index (χ0) is 19.6. The van der Waals surface area contributed by atoms with Crippen molar-refractivity contribution in [1.29, 1.82) is 0 Å². The average Bonchev–Trinajstić information content (AvgIpc) is 2.49. The Kier molecular flexibility index (Phi) is 9.22. The quantitative estimate of drug-likeness (QED) is 0.515. The molecule has 0 saturated heterocycles. The standard InChI is InChI=1S/C15H23NO3.C2H2O4/c1-5-18-14(17)15(3,4)19-13-8-6-12(7-9-13)10-11(2)16;3-1(4)2(5)6/h6-9,11H,5,10,16H2,1-4H3;(H,3,4)(H,5,6)/t11-;/m1./s1. The molecule has 140 valence electrons. The first kappa shape index (κ1) is 22.4. The van der Waals surface area contributed by atoms with E-state index < -0.39 is 17.5 Å². The van der Waals surface area contributed by atoms with Gasteiger partial charge in [0.2, 0.25) is 0 Å². The van der Waals surface area contributed by atoms with Crippen LogP contribution in [0.1, 0.15) is 33.3 Å². The SMILES string of the molecule is CCOC(=O)C(C)(C)Oc1ccc(C[C@@H](C)N)cc1.O=C(O)C(=O)O. The maximum absolute atomic E-state index is 11.7. The summed E-state index contributed by atoms with van der Waals surface area (Å²) in [4.78, 5) is 29.9. The molecule has 8 nitrogen and oxygen atoms in total. The van der Waals surface area contributed by atoms with Gasteiger partial charge in [-0.25, -0.2) is 14.4 Å². The van der Waals surface area contributed by atoms with Crippen LogP contribution in [-0.4, -0.2) is 46.4 Å². The Morgan fingerprint density at radius 1 is 1.12 bits per heavy atom. The van der Waals surface area contributed by atoms with Gasteiger partial charge in [0.15, 0.2) is 5.60 Å². The van der Waals surface area contributed by atoms with Crippen molar-refractivity contribution in [2.45, 2.75) is 45.8 Å². The summed E-state index contributed by atoms with van der Waals surface area (Å²) in [5.41, 5.74) is 5.91. The van der Waals surface area contributed by atoms with Crippen LogP contribution < -0.4 is 10.5 Å².